The van der Waals surface area contributed by atoms with E-state index in [0.29, 0.717) is 17.3 Å². The van der Waals surface area contributed by atoms with E-state index in [9.17, 15) is 10.1 Å². The standard InChI is InChI=1S/C20H21ClN4O/c21-18-7-3-4-8-19(18)23-20(26)15-25-11-9-24(10-12-25)14-17-6-2-1-5-16(17)13-22/h1-8H,9-12,14-15H2,(H,23,26). The molecule has 134 valence electrons. The first kappa shape index (κ1) is 18.4. The predicted molar refractivity (Wildman–Crippen MR) is 103 cm³/mol. The van der Waals surface area contributed by atoms with E-state index in [4.69, 9.17) is 11.6 Å². The number of carbonyl (C=O) groups excluding carboxylic acids is 1. The Morgan fingerprint density at radius 3 is 2.42 bits per heavy atom. The predicted octanol–water partition coefficient (Wildman–Crippen LogP) is 2.97. The van der Waals surface area contributed by atoms with Gasteiger partial charge in [-0.05, 0) is 23.8 Å². The lowest BCUT2D eigenvalue weighted by molar-refractivity contribution is -0.117. The SMILES string of the molecule is N#Cc1ccccc1CN1CCN(CC(=O)Nc2ccccc2Cl)CC1. The van der Waals surface area contributed by atoms with Crippen LogP contribution in [-0.4, -0.2) is 48.4 Å². The molecule has 0 bridgehead atoms. The quantitative estimate of drug-likeness (QED) is 0.881. The molecule has 6 heteroatoms. The first-order valence-corrected chi connectivity index (χ1v) is 9.00. The van der Waals surface area contributed by atoms with Crippen LogP contribution in [0.3, 0.4) is 0 Å². The van der Waals surface area contributed by atoms with E-state index in [0.717, 1.165) is 43.9 Å². The maximum Gasteiger partial charge on any atom is 0.238 e. The molecule has 0 saturated carbocycles. The molecule has 1 amide bonds. The largest absolute Gasteiger partial charge is 0.324 e. The average Bonchev–Trinajstić information content (AvgIpc) is 2.66. The topological polar surface area (TPSA) is 59.4 Å². The first-order chi connectivity index (χ1) is 12.7. The number of rotatable bonds is 5. The highest BCUT2D eigenvalue weighted by atomic mass is 35.5. The summed E-state index contributed by atoms with van der Waals surface area (Å²) in [6.45, 7) is 4.52. The van der Waals surface area contributed by atoms with Gasteiger partial charge in [0, 0.05) is 32.7 Å². The monoisotopic (exact) mass is 368 g/mol. The number of nitrogens with one attached hydrogen (secondary N) is 1. The second-order valence-electron chi connectivity index (χ2n) is 6.35. The van der Waals surface area contributed by atoms with Crippen molar-refractivity contribution in [2.75, 3.05) is 38.0 Å². The molecule has 1 saturated heterocycles. The third-order valence-electron chi connectivity index (χ3n) is 4.51. The fourth-order valence-electron chi connectivity index (χ4n) is 3.07. The molecule has 0 unspecified atom stereocenters. The van der Waals surface area contributed by atoms with Crippen molar-refractivity contribution in [3.05, 3.63) is 64.7 Å². The molecule has 3 rings (SSSR count). The maximum atomic E-state index is 12.2. The Morgan fingerprint density at radius 1 is 1.04 bits per heavy atom. The third-order valence-corrected chi connectivity index (χ3v) is 4.84. The molecule has 2 aromatic rings. The number of carbonyl (C=O) groups is 1. The average molecular weight is 369 g/mol. The lowest BCUT2D eigenvalue weighted by Crippen LogP contribution is -2.48. The smallest absolute Gasteiger partial charge is 0.238 e. The summed E-state index contributed by atoms with van der Waals surface area (Å²) in [5.41, 5.74) is 2.43. The van der Waals surface area contributed by atoms with Crippen LogP contribution in [0.2, 0.25) is 5.02 Å². The summed E-state index contributed by atoms with van der Waals surface area (Å²) in [6.07, 6.45) is 0. The first-order valence-electron chi connectivity index (χ1n) is 8.63. The van der Waals surface area contributed by atoms with Crippen molar-refractivity contribution < 1.29 is 4.79 Å². The number of para-hydroxylation sites is 1. The van der Waals surface area contributed by atoms with Gasteiger partial charge in [0.15, 0.2) is 0 Å². The Bertz CT molecular complexity index is 809. The summed E-state index contributed by atoms with van der Waals surface area (Å²) >= 11 is 6.07. The second-order valence-corrected chi connectivity index (χ2v) is 6.76. The van der Waals surface area contributed by atoms with Gasteiger partial charge in [-0.1, -0.05) is 41.9 Å². The fourth-order valence-corrected chi connectivity index (χ4v) is 3.25. The molecule has 0 atom stereocenters. The van der Waals surface area contributed by atoms with E-state index in [2.05, 4.69) is 21.2 Å². The number of anilines is 1. The molecule has 1 aliphatic rings. The van der Waals surface area contributed by atoms with Crippen molar-refractivity contribution in [2.45, 2.75) is 6.54 Å². The summed E-state index contributed by atoms with van der Waals surface area (Å²) in [7, 11) is 0. The molecule has 1 heterocycles. The lowest BCUT2D eigenvalue weighted by Gasteiger charge is -2.34. The van der Waals surface area contributed by atoms with Crippen LogP contribution < -0.4 is 5.32 Å². The van der Waals surface area contributed by atoms with Gasteiger partial charge >= 0.3 is 0 Å². The van der Waals surface area contributed by atoms with Crippen molar-refractivity contribution in [1.82, 2.24) is 9.80 Å². The zero-order valence-corrected chi connectivity index (χ0v) is 15.2. The molecule has 1 aliphatic heterocycles. The third kappa shape index (κ3) is 4.83. The van der Waals surface area contributed by atoms with Gasteiger partial charge in [-0.15, -0.1) is 0 Å². The minimum absolute atomic E-state index is 0.0543. The molecule has 5 nitrogen and oxygen atoms in total. The van der Waals surface area contributed by atoms with Crippen molar-refractivity contribution in [3.63, 3.8) is 0 Å². The van der Waals surface area contributed by atoms with E-state index < -0.39 is 0 Å². The van der Waals surface area contributed by atoms with Gasteiger partial charge in [-0.25, -0.2) is 0 Å². The zero-order chi connectivity index (χ0) is 18.4. The Hall–Kier alpha value is -2.39. The van der Waals surface area contributed by atoms with Gasteiger partial charge in [-0.2, -0.15) is 5.26 Å². The van der Waals surface area contributed by atoms with E-state index in [1.165, 1.54) is 0 Å². The van der Waals surface area contributed by atoms with Crippen molar-refractivity contribution in [2.24, 2.45) is 0 Å². The lowest BCUT2D eigenvalue weighted by atomic mass is 10.1. The van der Waals surface area contributed by atoms with Crippen LogP contribution in [0.5, 0.6) is 0 Å². The Labute approximate surface area is 158 Å². The van der Waals surface area contributed by atoms with E-state index in [-0.39, 0.29) is 5.91 Å². The highest BCUT2D eigenvalue weighted by molar-refractivity contribution is 6.33. The maximum absolute atomic E-state index is 12.2. The highest BCUT2D eigenvalue weighted by Crippen LogP contribution is 2.20. The zero-order valence-electron chi connectivity index (χ0n) is 14.5. The number of nitrogens with zero attached hydrogens (tertiary/aromatic N) is 3. The highest BCUT2D eigenvalue weighted by Gasteiger charge is 2.20. The summed E-state index contributed by atoms with van der Waals surface area (Å²) in [5, 5.41) is 12.6. The van der Waals surface area contributed by atoms with Crippen LogP contribution in [0.4, 0.5) is 5.69 Å². The number of nitriles is 1. The van der Waals surface area contributed by atoms with Crippen molar-refractivity contribution >= 4 is 23.2 Å². The van der Waals surface area contributed by atoms with Crippen LogP contribution in [-0.2, 0) is 11.3 Å². The van der Waals surface area contributed by atoms with Gasteiger partial charge in [0.2, 0.25) is 5.91 Å². The molecule has 1 N–H and O–H groups in total. The molecule has 0 spiro atoms. The molecule has 2 aromatic carbocycles. The van der Waals surface area contributed by atoms with Gasteiger partial charge < -0.3 is 5.32 Å². The molecule has 0 radical (unpaired) electrons. The number of hydrogen-bond acceptors (Lipinski definition) is 4. The minimum atomic E-state index is -0.0543. The molecule has 0 aliphatic carbocycles. The molecule has 1 fully saturated rings. The van der Waals surface area contributed by atoms with Crippen molar-refractivity contribution in [1.29, 1.82) is 5.26 Å². The number of benzene rings is 2. The van der Waals surface area contributed by atoms with E-state index >= 15 is 0 Å². The van der Waals surface area contributed by atoms with Crippen molar-refractivity contribution in [3.8, 4) is 6.07 Å². The fraction of sp³-hybridized carbons (Fsp3) is 0.300. The Balaban J connectivity index is 1.47. The van der Waals surface area contributed by atoms with Crippen LogP contribution >= 0.6 is 11.6 Å². The summed E-state index contributed by atoms with van der Waals surface area (Å²) in [6, 6.07) is 17.2. The summed E-state index contributed by atoms with van der Waals surface area (Å²) in [5.74, 6) is -0.0543. The van der Waals surface area contributed by atoms with Gasteiger partial charge in [0.25, 0.3) is 0 Å². The molecular weight excluding hydrogens is 348 g/mol. The number of hydrogen-bond donors (Lipinski definition) is 1. The van der Waals surface area contributed by atoms with Crippen LogP contribution in [0, 0.1) is 11.3 Å². The summed E-state index contributed by atoms with van der Waals surface area (Å²) < 4.78 is 0. The Morgan fingerprint density at radius 2 is 1.69 bits per heavy atom. The Kier molecular flexibility index (Phi) is 6.24. The number of piperazine rings is 1. The minimum Gasteiger partial charge on any atom is -0.324 e. The normalized spacial score (nSPS) is 15.4. The number of halogens is 1. The van der Waals surface area contributed by atoms with Crippen LogP contribution in [0.1, 0.15) is 11.1 Å². The molecule has 26 heavy (non-hydrogen) atoms. The van der Waals surface area contributed by atoms with Gasteiger partial charge in [0.1, 0.15) is 0 Å². The van der Waals surface area contributed by atoms with Gasteiger partial charge in [0.05, 0.1) is 28.9 Å². The molecule has 0 aromatic heterocycles. The van der Waals surface area contributed by atoms with Gasteiger partial charge in [-0.3, -0.25) is 14.6 Å². The van der Waals surface area contributed by atoms with E-state index in [1.807, 2.05) is 36.4 Å². The van der Waals surface area contributed by atoms with E-state index in [1.54, 1.807) is 12.1 Å². The second kappa shape index (κ2) is 8.81. The summed E-state index contributed by atoms with van der Waals surface area (Å²) in [4.78, 5) is 16.7. The number of amides is 1. The van der Waals surface area contributed by atoms with Crippen LogP contribution in [0.15, 0.2) is 48.5 Å². The molecular formula is C20H21ClN4O. The van der Waals surface area contributed by atoms with Crippen LogP contribution in [0.25, 0.3) is 0 Å².